The largest absolute Gasteiger partial charge is 0.277 e. The topological polar surface area (TPSA) is 70.4 Å². The maximum Gasteiger partial charge on any atom is 0.222 e. The summed E-state index contributed by atoms with van der Waals surface area (Å²) in [6.45, 7) is 3.25. The van der Waals surface area contributed by atoms with Crippen LogP contribution in [0.1, 0.15) is 0 Å². The molecule has 0 aromatic carbocycles. The highest BCUT2D eigenvalue weighted by molar-refractivity contribution is 5.44. The van der Waals surface area contributed by atoms with Crippen LogP contribution in [0.25, 0.3) is 0 Å². The number of rotatable bonds is 4. The van der Waals surface area contributed by atoms with Gasteiger partial charge in [0.1, 0.15) is 0 Å². The van der Waals surface area contributed by atoms with Gasteiger partial charge in [-0.25, -0.2) is 11.0 Å². The Balaban J connectivity index is 3.37. The van der Waals surface area contributed by atoms with Gasteiger partial charge >= 0.3 is 0 Å². The Morgan fingerprint density at radius 3 is 2.89 bits per heavy atom. The molecule has 0 spiro atoms. The molecule has 0 saturated heterocycles. The van der Waals surface area contributed by atoms with E-state index in [1.54, 1.807) is 0 Å². The van der Waals surface area contributed by atoms with Crippen molar-refractivity contribution in [1.29, 1.82) is 0 Å². The zero-order valence-corrected chi connectivity index (χ0v) is 4.79. The third kappa shape index (κ3) is 4.57. The third-order valence-electron chi connectivity index (χ3n) is 0.483. The van der Waals surface area contributed by atoms with Gasteiger partial charge in [0.05, 0.1) is 6.20 Å². The molecule has 5 nitrogen and oxygen atoms in total. The molecule has 0 unspecified atom stereocenters. The second-order valence-electron chi connectivity index (χ2n) is 1.11. The Bertz CT molecular complexity index is 129. The molecule has 0 fully saturated rings. The highest BCUT2D eigenvalue weighted by atomic mass is 16.1. The zero-order chi connectivity index (χ0) is 7.11. The maximum absolute atomic E-state index is 9.61. The lowest BCUT2D eigenvalue weighted by atomic mass is 10.9. The summed E-state index contributed by atoms with van der Waals surface area (Å²) in [5.41, 5.74) is 6.76. The van der Waals surface area contributed by atoms with E-state index < -0.39 is 0 Å². The van der Waals surface area contributed by atoms with Crippen molar-refractivity contribution in [2.45, 2.75) is 0 Å². The van der Waals surface area contributed by atoms with E-state index in [1.165, 1.54) is 6.20 Å². The SMILES string of the molecule is C=C=CN(N)NNC=O. The quantitative estimate of drug-likeness (QED) is 0.189. The second-order valence-corrected chi connectivity index (χ2v) is 1.11. The van der Waals surface area contributed by atoms with E-state index >= 15 is 0 Å². The average Bonchev–Trinajstić information content (AvgIpc) is 1.85. The van der Waals surface area contributed by atoms with Gasteiger partial charge in [-0.15, -0.1) is 11.3 Å². The van der Waals surface area contributed by atoms with E-state index in [4.69, 9.17) is 5.84 Å². The summed E-state index contributed by atoms with van der Waals surface area (Å²) in [6.07, 6.45) is 1.77. The van der Waals surface area contributed by atoms with E-state index in [0.717, 1.165) is 5.12 Å². The van der Waals surface area contributed by atoms with Crippen molar-refractivity contribution in [3.05, 3.63) is 18.5 Å². The van der Waals surface area contributed by atoms with Crippen molar-refractivity contribution >= 4 is 6.41 Å². The molecular formula is C4H8N4O. The molecule has 0 aromatic rings. The third-order valence-corrected chi connectivity index (χ3v) is 0.483. The van der Waals surface area contributed by atoms with Crippen molar-refractivity contribution in [1.82, 2.24) is 16.1 Å². The molecule has 0 bridgehead atoms. The predicted molar refractivity (Wildman–Crippen MR) is 32.1 cm³/mol. The van der Waals surface area contributed by atoms with Gasteiger partial charge in [0, 0.05) is 0 Å². The fourth-order valence-electron chi connectivity index (χ4n) is 0.232. The first-order valence-corrected chi connectivity index (χ1v) is 2.16. The van der Waals surface area contributed by atoms with Crippen molar-refractivity contribution in [3.63, 3.8) is 0 Å². The van der Waals surface area contributed by atoms with Crippen LogP contribution in [-0.4, -0.2) is 11.5 Å². The van der Waals surface area contributed by atoms with Crippen LogP contribution in [0.3, 0.4) is 0 Å². The molecule has 0 aliphatic heterocycles. The summed E-state index contributed by atoms with van der Waals surface area (Å²) < 4.78 is 0. The Labute approximate surface area is 52.7 Å². The van der Waals surface area contributed by atoms with Gasteiger partial charge in [0.2, 0.25) is 6.41 Å². The number of hydrogen-bond acceptors (Lipinski definition) is 4. The van der Waals surface area contributed by atoms with Crippen LogP contribution in [0.2, 0.25) is 0 Å². The van der Waals surface area contributed by atoms with Crippen LogP contribution in [0.15, 0.2) is 18.5 Å². The van der Waals surface area contributed by atoms with E-state index in [0.29, 0.717) is 6.41 Å². The molecule has 1 amide bonds. The van der Waals surface area contributed by atoms with Crippen LogP contribution in [0, 0.1) is 0 Å². The van der Waals surface area contributed by atoms with Crippen LogP contribution in [0.4, 0.5) is 0 Å². The molecular weight excluding hydrogens is 120 g/mol. The van der Waals surface area contributed by atoms with Crippen molar-refractivity contribution in [3.8, 4) is 0 Å². The molecule has 0 aromatic heterocycles. The standard InChI is InChI=1S/C4H8N4O/c1-2-3-8(5)7-6-4-9/h3-4,7H,1,5H2,(H,6,9). The number of carbonyl (C=O) groups is 1. The van der Waals surface area contributed by atoms with E-state index in [2.05, 4.69) is 23.3 Å². The summed E-state index contributed by atoms with van der Waals surface area (Å²) in [7, 11) is 0. The van der Waals surface area contributed by atoms with Gasteiger partial charge in [-0.2, -0.15) is 0 Å². The molecule has 5 heteroatoms. The smallest absolute Gasteiger partial charge is 0.222 e. The van der Waals surface area contributed by atoms with Gasteiger partial charge < -0.3 is 0 Å². The molecule has 4 N–H and O–H groups in total. The number of hydrogen-bond donors (Lipinski definition) is 3. The lowest BCUT2D eigenvalue weighted by Gasteiger charge is -2.10. The molecule has 50 valence electrons. The Morgan fingerprint density at radius 1 is 1.78 bits per heavy atom. The van der Waals surface area contributed by atoms with Crippen molar-refractivity contribution in [2.24, 2.45) is 5.84 Å². The first-order valence-electron chi connectivity index (χ1n) is 2.16. The number of nitrogens with zero attached hydrogens (tertiary/aromatic N) is 1. The van der Waals surface area contributed by atoms with Crippen LogP contribution in [0.5, 0.6) is 0 Å². The summed E-state index contributed by atoms with van der Waals surface area (Å²) >= 11 is 0. The minimum absolute atomic E-state index is 0.455. The first-order chi connectivity index (χ1) is 4.31. The maximum atomic E-state index is 9.61. The number of nitrogens with one attached hydrogen (secondary N) is 2. The normalized spacial score (nSPS) is 7.22. The molecule has 0 heterocycles. The molecule has 0 aliphatic rings. The number of amides is 1. The zero-order valence-electron chi connectivity index (χ0n) is 4.79. The van der Waals surface area contributed by atoms with E-state index in [9.17, 15) is 4.79 Å². The van der Waals surface area contributed by atoms with Gasteiger partial charge in [-0.3, -0.25) is 10.2 Å². The number of nitrogens with two attached hydrogens (primary N) is 1. The molecule has 0 atom stereocenters. The Hall–Kier alpha value is -1.29. The van der Waals surface area contributed by atoms with Crippen molar-refractivity contribution < 1.29 is 4.79 Å². The van der Waals surface area contributed by atoms with Gasteiger partial charge in [0.15, 0.2) is 0 Å². The molecule has 0 aliphatic carbocycles. The molecule has 0 saturated carbocycles. The minimum atomic E-state index is 0.455. The van der Waals surface area contributed by atoms with Crippen LogP contribution < -0.4 is 16.8 Å². The van der Waals surface area contributed by atoms with Gasteiger partial charge in [0.25, 0.3) is 0 Å². The molecule has 0 rings (SSSR count). The summed E-state index contributed by atoms with van der Waals surface area (Å²) in [5.74, 6) is 5.11. The molecule has 9 heavy (non-hydrogen) atoms. The number of hydrazine groups is 3. The summed E-state index contributed by atoms with van der Waals surface area (Å²) in [5, 5.41) is 1.00. The van der Waals surface area contributed by atoms with Gasteiger partial charge in [-0.1, -0.05) is 6.58 Å². The molecule has 0 radical (unpaired) electrons. The fourth-order valence-corrected chi connectivity index (χ4v) is 0.232. The fraction of sp³-hybridized carbons (Fsp3) is 0. The second kappa shape index (κ2) is 4.86. The lowest BCUT2D eigenvalue weighted by molar-refractivity contribution is -0.111. The van der Waals surface area contributed by atoms with Gasteiger partial charge in [-0.05, 0) is 0 Å². The highest BCUT2D eigenvalue weighted by Gasteiger charge is 1.81. The lowest BCUT2D eigenvalue weighted by Crippen LogP contribution is -2.47. The average molecular weight is 128 g/mol. The van der Waals surface area contributed by atoms with Crippen molar-refractivity contribution in [2.75, 3.05) is 0 Å². The highest BCUT2D eigenvalue weighted by Crippen LogP contribution is 1.62. The predicted octanol–water partition coefficient (Wildman–Crippen LogP) is -1.37. The van der Waals surface area contributed by atoms with E-state index in [1.807, 2.05) is 0 Å². The van der Waals surface area contributed by atoms with Crippen LogP contribution >= 0.6 is 0 Å². The van der Waals surface area contributed by atoms with Crippen LogP contribution in [-0.2, 0) is 4.79 Å². The monoisotopic (exact) mass is 128 g/mol. The summed E-state index contributed by atoms with van der Waals surface area (Å²) in [4.78, 5) is 9.61. The Morgan fingerprint density at radius 2 is 2.44 bits per heavy atom. The summed E-state index contributed by atoms with van der Waals surface area (Å²) in [6, 6.07) is 0. The first kappa shape index (κ1) is 7.71. The minimum Gasteiger partial charge on any atom is -0.277 e. The van der Waals surface area contributed by atoms with E-state index in [-0.39, 0.29) is 0 Å². The number of carbonyl (C=O) groups excluding carboxylic acids is 1. The Kier molecular flexibility index (Phi) is 4.16.